The minimum Gasteiger partial charge on any atom is -0.488 e. The lowest BCUT2D eigenvalue weighted by Gasteiger charge is -2.12. The number of ether oxygens (including phenoxy) is 1. The average Bonchev–Trinajstić information content (AvgIpc) is 3.09. The number of aromatic amines is 1. The van der Waals surface area contributed by atoms with Crippen molar-refractivity contribution in [3.05, 3.63) is 69.2 Å². The summed E-state index contributed by atoms with van der Waals surface area (Å²) in [4.78, 5) is 27.8. The van der Waals surface area contributed by atoms with Crippen LogP contribution >= 0.6 is 12.2 Å². The number of para-hydroxylation sites is 2. The highest BCUT2D eigenvalue weighted by Crippen LogP contribution is 2.27. The van der Waals surface area contributed by atoms with Gasteiger partial charge in [0, 0.05) is 19.4 Å². The molecule has 2 N–H and O–H groups in total. The van der Waals surface area contributed by atoms with E-state index in [-0.39, 0.29) is 30.5 Å². The molecular formula is C20H19N3O3S. The monoisotopic (exact) mass is 381 g/mol. The van der Waals surface area contributed by atoms with Gasteiger partial charge in [0.25, 0.3) is 5.56 Å². The summed E-state index contributed by atoms with van der Waals surface area (Å²) >= 11 is 5.27. The Kier molecular flexibility index (Phi) is 4.77. The van der Waals surface area contributed by atoms with Gasteiger partial charge in [0.2, 0.25) is 5.91 Å². The van der Waals surface area contributed by atoms with E-state index in [9.17, 15) is 9.59 Å². The van der Waals surface area contributed by atoms with Gasteiger partial charge < -0.3 is 15.0 Å². The first-order chi connectivity index (χ1) is 13.1. The number of carbonyl (C=O) groups excluding carboxylic acids is 1. The molecule has 1 aliphatic rings. The quantitative estimate of drug-likeness (QED) is 0.666. The Morgan fingerprint density at radius 3 is 2.85 bits per heavy atom. The summed E-state index contributed by atoms with van der Waals surface area (Å²) in [6, 6.07) is 15.1. The van der Waals surface area contributed by atoms with Crippen molar-refractivity contribution < 1.29 is 9.53 Å². The Bertz CT molecular complexity index is 1090. The highest BCUT2D eigenvalue weighted by Gasteiger charge is 2.22. The molecule has 1 unspecified atom stereocenters. The number of hydrogen-bond acceptors (Lipinski definition) is 4. The summed E-state index contributed by atoms with van der Waals surface area (Å²) in [5.41, 5.74) is 1.67. The number of amides is 1. The van der Waals surface area contributed by atoms with Gasteiger partial charge in [-0.15, -0.1) is 0 Å². The number of H-pyrrole nitrogens is 1. The Hall–Kier alpha value is -2.93. The molecule has 0 spiro atoms. The Morgan fingerprint density at radius 2 is 2.00 bits per heavy atom. The third-order valence-corrected chi connectivity index (χ3v) is 5.02. The van der Waals surface area contributed by atoms with Gasteiger partial charge in [0.1, 0.15) is 11.9 Å². The Morgan fingerprint density at radius 1 is 1.22 bits per heavy atom. The van der Waals surface area contributed by atoms with Crippen LogP contribution in [-0.4, -0.2) is 28.1 Å². The molecule has 0 fully saturated rings. The molecule has 0 radical (unpaired) electrons. The van der Waals surface area contributed by atoms with Crippen LogP contribution in [0.3, 0.4) is 0 Å². The fraction of sp³-hybridized carbons (Fsp3) is 0.250. The average molecular weight is 381 g/mol. The summed E-state index contributed by atoms with van der Waals surface area (Å²) in [6.07, 6.45) is 0.902. The highest BCUT2D eigenvalue weighted by molar-refractivity contribution is 7.71. The zero-order chi connectivity index (χ0) is 18.8. The van der Waals surface area contributed by atoms with Gasteiger partial charge in [-0.3, -0.25) is 14.2 Å². The van der Waals surface area contributed by atoms with Crippen molar-refractivity contribution in [1.29, 1.82) is 0 Å². The first-order valence-corrected chi connectivity index (χ1v) is 9.26. The third-order valence-electron chi connectivity index (χ3n) is 4.69. The number of fused-ring (bicyclic) bond motifs is 2. The van der Waals surface area contributed by atoms with Crippen molar-refractivity contribution >= 4 is 29.0 Å². The summed E-state index contributed by atoms with van der Waals surface area (Å²) in [5, 5.41) is 3.44. The number of nitrogens with one attached hydrogen (secondary N) is 2. The van der Waals surface area contributed by atoms with Crippen LogP contribution < -0.4 is 15.6 Å². The zero-order valence-corrected chi connectivity index (χ0v) is 15.4. The second-order valence-corrected chi connectivity index (χ2v) is 6.93. The molecule has 2 aromatic carbocycles. The Labute approximate surface area is 160 Å². The van der Waals surface area contributed by atoms with Crippen molar-refractivity contribution in [2.24, 2.45) is 0 Å². The minimum atomic E-state index is -0.184. The molecule has 2 heterocycles. The van der Waals surface area contributed by atoms with Crippen molar-refractivity contribution in [2.75, 3.05) is 6.54 Å². The van der Waals surface area contributed by atoms with Gasteiger partial charge >= 0.3 is 0 Å². The molecule has 0 saturated heterocycles. The molecule has 0 saturated carbocycles. The van der Waals surface area contributed by atoms with E-state index in [0.29, 0.717) is 22.2 Å². The molecule has 6 nitrogen and oxygen atoms in total. The molecule has 27 heavy (non-hydrogen) atoms. The van der Waals surface area contributed by atoms with E-state index in [4.69, 9.17) is 17.0 Å². The van der Waals surface area contributed by atoms with Crippen LogP contribution in [0.15, 0.2) is 53.3 Å². The number of benzene rings is 2. The van der Waals surface area contributed by atoms with Crippen LogP contribution in [0.5, 0.6) is 5.75 Å². The fourth-order valence-corrected chi connectivity index (χ4v) is 3.58. The van der Waals surface area contributed by atoms with Crippen LogP contribution in [0.2, 0.25) is 0 Å². The lowest BCUT2D eigenvalue weighted by Crippen LogP contribution is -2.35. The second-order valence-electron chi connectivity index (χ2n) is 6.54. The van der Waals surface area contributed by atoms with E-state index in [1.54, 1.807) is 12.1 Å². The zero-order valence-electron chi connectivity index (χ0n) is 14.6. The van der Waals surface area contributed by atoms with Crippen LogP contribution in [-0.2, 0) is 17.8 Å². The molecule has 0 bridgehead atoms. The number of nitrogens with zero attached hydrogens (tertiary/aromatic N) is 1. The first kappa shape index (κ1) is 17.5. The van der Waals surface area contributed by atoms with Gasteiger partial charge in [0.05, 0.1) is 17.4 Å². The summed E-state index contributed by atoms with van der Waals surface area (Å²) in [6.45, 7) is 0.670. The number of carbonyl (C=O) groups is 1. The molecule has 4 rings (SSSR count). The molecule has 1 atom stereocenters. The van der Waals surface area contributed by atoms with Crippen molar-refractivity contribution in [3.63, 3.8) is 0 Å². The maximum absolute atomic E-state index is 12.6. The van der Waals surface area contributed by atoms with Gasteiger partial charge in [-0.05, 0) is 36.0 Å². The fourth-order valence-electron chi connectivity index (χ4n) is 3.30. The topological polar surface area (TPSA) is 76.1 Å². The number of hydrogen-bond donors (Lipinski definition) is 2. The van der Waals surface area contributed by atoms with Crippen LogP contribution in [0.1, 0.15) is 12.0 Å². The van der Waals surface area contributed by atoms with E-state index in [2.05, 4.69) is 10.3 Å². The van der Waals surface area contributed by atoms with E-state index in [1.807, 2.05) is 36.4 Å². The van der Waals surface area contributed by atoms with Gasteiger partial charge in [-0.25, -0.2) is 0 Å². The largest absolute Gasteiger partial charge is 0.488 e. The molecule has 1 aliphatic heterocycles. The molecular weight excluding hydrogens is 362 g/mol. The van der Waals surface area contributed by atoms with Crippen molar-refractivity contribution in [1.82, 2.24) is 14.9 Å². The van der Waals surface area contributed by atoms with E-state index < -0.39 is 0 Å². The lowest BCUT2D eigenvalue weighted by atomic mass is 10.1. The minimum absolute atomic E-state index is 0.0578. The lowest BCUT2D eigenvalue weighted by molar-refractivity contribution is -0.121. The van der Waals surface area contributed by atoms with E-state index in [0.717, 1.165) is 17.7 Å². The smallest absolute Gasteiger partial charge is 0.262 e. The maximum atomic E-state index is 12.6. The molecule has 0 aliphatic carbocycles. The molecule has 1 amide bonds. The maximum Gasteiger partial charge on any atom is 0.262 e. The van der Waals surface area contributed by atoms with E-state index >= 15 is 0 Å². The van der Waals surface area contributed by atoms with Crippen LogP contribution in [0, 0.1) is 4.77 Å². The first-order valence-electron chi connectivity index (χ1n) is 8.85. The predicted molar refractivity (Wildman–Crippen MR) is 106 cm³/mol. The summed E-state index contributed by atoms with van der Waals surface area (Å²) in [7, 11) is 0. The van der Waals surface area contributed by atoms with Crippen LogP contribution in [0.25, 0.3) is 10.9 Å². The standard InChI is InChI=1S/C20H19N3O3S/c24-18(21-12-14-11-13-5-1-4-8-17(13)26-14)9-10-23-19(25)15-6-2-3-7-16(15)22-20(23)27/h1-8,14H,9-12H2,(H,21,24)(H,22,27). The molecule has 138 valence electrons. The normalized spacial score (nSPS) is 15.3. The number of rotatable bonds is 5. The van der Waals surface area contributed by atoms with Crippen molar-refractivity contribution in [3.8, 4) is 5.75 Å². The molecule has 3 aromatic rings. The SMILES string of the molecule is O=C(CCn1c(=S)[nH]c2ccccc2c1=O)NCC1Cc2ccccc2O1. The van der Waals surface area contributed by atoms with Crippen molar-refractivity contribution in [2.45, 2.75) is 25.5 Å². The highest BCUT2D eigenvalue weighted by atomic mass is 32.1. The predicted octanol–water partition coefficient (Wildman–Crippen LogP) is 2.57. The summed E-state index contributed by atoms with van der Waals surface area (Å²) < 4.78 is 7.57. The third kappa shape index (κ3) is 3.64. The Balaban J connectivity index is 1.36. The van der Waals surface area contributed by atoms with Gasteiger partial charge in [0.15, 0.2) is 4.77 Å². The number of aromatic nitrogens is 2. The van der Waals surface area contributed by atoms with Gasteiger partial charge in [-0.1, -0.05) is 30.3 Å². The second kappa shape index (κ2) is 7.36. The molecule has 1 aromatic heterocycles. The van der Waals surface area contributed by atoms with Gasteiger partial charge in [-0.2, -0.15) is 0 Å². The summed E-state index contributed by atoms with van der Waals surface area (Å²) in [5.74, 6) is 0.745. The molecule has 7 heteroatoms. The van der Waals surface area contributed by atoms with Crippen LogP contribution in [0.4, 0.5) is 0 Å². The van der Waals surface area contributed by atoms with E-state index in [1.165, 1.54) is 4.57 Å².